The van der Waals surface area contributed by atoms with Crippen LogP contribution in [0, 0.1) is 10.8 Å². The van der Waals surface area contributed by atoms with Crippen LogP contribution in [0.25, 0.3) is 5.57 Å². The van der Waals surface area contributed by atoms with Crippen LogP contribution in [-0.2, 0) is 9.59 Å². The van der Waals surface area contributed by atoms with Crippen molar-refractivity contribution in [2.24, 2.45) is 10.8 Å². The van der Waals surface area contributed by atoms with Gasteiger partial charge in [-0.1, -0.05) is 78.4 Å². The summed E-state index contributed by atoms with van der Waals surface area (Å²) >= 11 is 0. The summed E-state index contributed by atoms with van der Waals surface area (Å²) in [6.45, 7) is 0. The van der Waals surface area contributed by atoms with Crippen molar-refractivity contribution in [1.82, 2.24) is 0 Å². The van der Waals surface area contributed by atoms with Crippen molar-refractivity contribution in [2.45, 2.75) is 25.7 Å². The number of anilines is 1. The predicted molar refractivity (Wildman–Crippen MR) is 137 cm³/mol. The third-order valence-corrected chi connectivity index (χ3v) is 8.12. The number of amides is 2. The third-order valence-electron chi connectivity index (χ3n) is 8.12. The molecule has 1 heterocycles. The lowest BCUT2D eigenvalue weighted by Crippen LogP contribution is -2.41. The van der Waals surface area contributed by atoms with E-state index in [0.717, 1.165) is 22.3 Å². The van der Waals surface area contributed by atoms with Gasteiger partial charge in [-0.05, 0) is 66.6 Å². The highest BCUT2D eigenvalue weighted by molar-refractivity contribution is 6.26. The number of carbonyl (C=O) groups is 3. The van der Waals surface area contributed by atoms with Gasteiger partial charge in [0.2, 0.25) is 11.8 Å². The van der Waals surface area contributed by atoms with E-state index in [9.17, 15) is 19.5 Å². The van der Waals surface area contributed by atoms with Crippen molar-refractivity contribution < 1.29 is 19.5 Å². The Balaban J connectivity index is 1.49. The van der Waals surface area contributed by atoms with Gasteiger partial charge in [0.05, 0.1) is 22.1 Å². The molecule has 178 valence electrons. The number of nitrogens with zero attached hydrogens (tertiary/aromatic N) is 1. The predicted octanol–water partition coefficient (Wildman–Crippen LogP) is 5.88. The van der Waals surface area contributed by atoms with E-state index in [1.165, 1.54) is 17.0 Å². The lowest BCUT2D eigenvalue weighted by atomic mass is 9.61. The highest BCUT2D eigenvalue weighted by Crippen LogP contribution is 2.67. The van der Waals surface area contributed by atoms with Crippen LogP contribution in [-0.4, -0.2) is 22.9 Å². The first kappa shape index (κ1) is 22.2. The summed E-state index contributed by atoms with van der Waals surface area (Å²) in [5, 5.41) is 9.25. The average Bonchev–Trinajstić information content (AvgIpc) is 3.35. The van der Waals surface area contributed by atoms with E-state index >= 15 is 0 Å². The molecule has 1 saturated carbocycles. The Bertz CT molecular complexity index is 1360. The van der Waals surface area contributed by atoms with Crippen molar-refractivity contribution in [3.8, 4) is 0 Å². The van der Waals surface area contributed by atoms with E-state index in [1.54, 1.807) is 12.1 Å². The van der Waals surface area contributed by atoms with E-state index in [1.807, 2.05) is 48.6 Å². The fourth-order valence-corrected chi connectivity index (χ4v) is 6.44. The molecule has 1 N–H and O–H groups in total. The zero-order chi connectivity index (χ0) is 24.9. The lowest BCUT2D eigenvalue weighted by molar-refractivity contribution is -0.132. The van der Waals surface area contributed by atoms with E-state index in [4.69, 9.17) is 0 Å². The summed E-state index contributed by atoms with van der Waals surface area (Å²) in [4.78, 5) is 40.9. The maximum Gasteiger partial charge on any atom is 0.335 e. The van der Waals surface area contributed by atoms with E-state index < -0.39 is 16.8 Å². The molecule has 2 unspecified atom stereocenters. The first-order valence-corrected chi connectivity index (χ1v) is 12.2. The van der Waals surface area contributed by atoms with Crippen molar-refractivity contribution in [2.75, 3.05) is 4.90 Å². The van der Waals surface area contributed by atoms with E-state index in [0.29, 0.717) is 31.4 Å². The number of rotatable bonds is 4. The Labute approximate surface area is 209 Å². The topological polar surface area (TPSA) is 74.7 Å². The molecule has 1 saturated heterocycles. The SMILES string of the molecule is O=C(O)c1ccc(N2C(=O)C34CC=CCC3(CC(=C(c3ccccc3)c3ccccc3)C4)C2=O)cc1. The highest BCUT2D eigenvalue weighted by Gasteiger charge is 2.72. The second-order valence-electron chi connectivity index (χ2n) is 9.91. The fraction of sp³-hybridized carbons (Fsp3) is 0.194. The first-order valence-electron chi connectivity index (χ1n) is 12.2. The lowest BCUT2D eigenvalue weighted by Gasteiger charge is -2.36. The maximum atomic E-state index is 14.1. The Morgan fingerprint density at radius 3 is 1.58 bits per heavy atom. The summed E-state index contributed by atoms with van der Waals surface area (Å²) in [6.07, 6.45) is 6.14. The molecule has 0 aromatic heterocycles. The molecule has 0 radical (unpaired) electrons. The molecule has 2 amide bonds. The number of benzene rings is 3. The van der Waals surface area contributed by atoms with Gasteiger partial charge in [-0.3, -0.25) is 9.59 Å². The van der Waals surface area contributed by atoms with Crippen LogP contribution in [0.1, 0.15) is 47.2 Å². The molecule has 5 heteroatoms. The molecule has 2 fully saturated rings. The molecule has 3 aromatic carbocycles. The van der Waals surface area contributed by atoms with Crippen LogP contribution in [0.15, 0.2) is 103 Å². The average molecular weight is 476 g/mol. The van der Waals surface area contributed by atoms with Crippen molar-refractivity contribution in [3.63, 3.8) is 0 Å². The largest absolute Gasteiger partial charge is 0.478 e. The molecule has 5 nitrogen and oxygen atoms in total. The summed E-state index contributed by atoms with van der Waals surface area (Å²) < 4.78 is 0. The number of hydrogen-bond donors (Lipinski definition) is 1. The molecule has 0 bridgehead atoms. The van der Waals surface area contributed by atoms with Crippen LogP contribution in [0.2, 0.25) is 0 Å². The Morgan fingerprint density at radius 2 is 1.14 bits per heavy atom. The molecule has 0 spiro atoms. The van der Waals surface area contributed by atoms with Gasteiger partial charge in [0.15, 0.2) is 0 Å². The van der Waals surface area contributed by atoms with Gasteiger partial charge in [-0.2, -0.15) is 0 Å². The smallest absolute Gasteiger partial charge is 0.335 e. The molecule has 6 rings (SSSR count). The summed E-state index contributed by atoms with van der Waals surface area (Å²) in [5.41, 5.74) is 3.27. The van der Waals surface area contributed by atoms with Gasteiger partial charge < -0.3 is 5.11 Å². The number of allylic oxidation sites excluding steroid dienone is 3. The number of hydrogen-bond acceptors (Lipinski definition) is 3. The minimum atomic E-state index is -1.04. The van der Waals surface area contributed by atoms with E-state index in [-0.39, 0.29) is 17.4 Å². The summed E-state index contributed by atoms with van der Waals surface area (Å²) in [5.74, 6) is -1.41. The Hall–Kier alpha value is -4.25. The molecule has 2 atom stereocenters. The quantitative estimate of drug-likeness (QED) is 0.378. The Kier molecular flexibility index (Phi) is 5.04. The second-order valence-corrected chi connectivity index (χ2v) is 9.91. The zero-order valence-electron chi connectivity index (χ0n) is 19.7. The molecule has 1 aliphatic heterocycles. The molecular formula is C31H25NO4. The number of imide groups is 1. The van der Waals surface area contributed by atoms with Gasteiger partial charge >= 0.3 is 5.97 Å². The molecule has 2 aliphatic carbocycles. The summed E-state index contributed by atoms with van der Waals surface area (Å²) in [6, 6.07) is 26.4. The second kappa shape index (κ2) is 8.16. The molecule has 3 aliphatic rings. The number of carboxylic acids is 1. The monoisotopic (exact) mass is 475 g/mol. The van der Waals surface area contributed by atoms with E-state index in [2.05, 4.69) is 24.3 Å². The number of aromatic carboxylic acids is 1. The first-order chi connectivity index (χ1) is 17.5. The molecule has 3 aromatic rings. The standard InChI is InChI=1S/C31H25NO4/c33-27(34)23-13-15-25(16-14-23)32-28(35)30-17-7-8-18-31(30,29(32)36)20-24(19-30)26(21-9-3-1-4-10-21)22-11-5-2-6-12-22/h1-16H,17-20H2,(H,33,34). The van der Waals surface area contributed by atoms with Gasteiger partial charge in [-0.25, -0.2) is 9.69 Å². The van der Waals surface area contributed by atoms with Gasteiger partial charge in [-0.15, -0.1) is 0 Å². The van der Waals surface area contributed by atoms with Crippen LogP contribution < -0.4 is 4.90 Å². The minimum absolute atomic E-state index is 0.119. The van der Waals surface area contributed by atoms with Crippen LogP contribution >= 0.6 is 0 Å². The number of carboxylic acid groups (broad SMARTS) is 1. The van der Waals surface area contributed by atoms with Gasteiger partial charge in [0.25, 0.3) is 0 Å². The summed E-state index contributed by atoms with van der Waals surface area (Å²) in [7, 11) is 0. The Morgan fingerprint density at radius 1 is 0.667 bits per heavy atom. The van der Waals surface area contributed by atoms with Crippen molar-refractivity contribution in [1.29, 1.82) is 0 Å². The normalized spacial score (nSPS) is 24.6. The minimum Gasteiger partial charge on any atom is -0.478 e. The molecule has 36 heavy (non-hydrogen) atoms. The van der Waals surface area contributed by atoms with Crippen LogP contribution in [0.5, 0.6) is 0 Å². The van der Waals surface area contributed by atoms with Gasteiger partial charge in [0, 0.05) is 0 Å². The van der Waals surface area contributed by atoms with Gasteiger partial charge in [0.1, 0.15) is 0 Å². The number of carbonyl (C=O) groups excluding carboxylic acids is 2. The van der Waals surface area contributed by atoms with Crippen molar-refractivity contribution in [3.05, 3.63) is 119 Å². The maximum absolute atomic E-state index is 14.1. The highest BCUT2D eigenvalue weighted by atomic mass is 16.4. The van der Waals surface area contributed by atoms with Crippen LogP contribution in [0.4, 0.5) is 5.69 Å². The fourth-order valence-electron chi connectivity index (χ4n) is 6.44. The van der Waals surface area contributed by atoms with Crippen molar-refractivity contribution >= 4 is 29.0 Å². The molecular weight excluding hydrogens is 450 g/mol. The third kappa shape index (κ3) is 3.05. The zero-order valence-corrected chi connectivity index (χ0v) is 19.7. The van der Waals surface area contributed by atoms with Crippen LogP contribution in [0.3, 0.4) is 0 Å².